The van der Waals surface area contributed by atoms with Gasteiger partial charge in [-0.25, -0.2) is 0 Å². The van der Waals surface area contributed by atoms with Crippen LogP contribution in [0, 0.1) is 0 Å². The van der Waals surface area contributed by atoms with E-state index in [2.05, 4.69) is 44.3 Å². The molecule has 1 aromatic carbocycles. The first-order chi connectivity index (χ1) is 15.3. The maximum absolute atomic E-state index is 12.8. The van der Waals surface area contributed by atoms with Crippen molar-refractivity contribution in [2.24, 2.45) is 0 Å². The number of anilines is 1. The minimum atomic E-state index is 0.240. The van der Waals surface area contributed by atoms with E-state index in [9.17, 15) is 4.79 Å². The Morgan fingerprint density at radius 1 is 1.00 bits per heavy atom. The average Bonchev–Trinajstić information content (AvgIpc) is 3.53. The van der Waals surface area contributed by atoms with Crippen LogP contribution >= 0.6 is 11.3 Å². The first kappa shape index (κ1) is 20.2. The number of carbonyl (C=O) groups excluding carboxylic acids is 1. The van der Waals surface area contributed by atoms with Crippen LogP contribution in [0.4, 0.5) is 5.69 Å². The quantitative estimate of drug-likeness (QED) is 0.610. The second-order valence-electron chi connectivity index (χ2n) is 8.21. The summed E-state index contributed by atoms with van der Waals surface area (Å²) in [6.07, 6.45) is 1.89. The van der Waals surface area contributed by atoms with E-state index in [1.165, 1.54) is 5.69 Å². The van der Waals surface area contributed by atoms with E-state index in [0.29, 0.717) is 12.4 Å². The Morgan fingerprint density at radius 3 is 2.48 bits per heavy atom. The van der Waals surface area contributed by atoms with Gasteiger partial charge >= 0.3 is 0 Å². The number of amides is 1. The van der Waals surface area contributed by atoms with Gasteiger partial charge in [-0.2, -0.15) is 11.3 Å². The van der Waals surface area contributed by atoms with E-state index in [1.54, 1.807) is 11.3 Å². The van der Waals surface area contributed by atoms with E-state index in [0.717, 1.165) is 63.6 Å². The monoisotopic (exact) mass is 437 g/mol. The van der Waals surface area contributed by atoms with Crippen molar-refractivity contribution in [2.75, 3.05) is 50.7 Å². The normalized spacial score (nSPS) is 18.5. The summed E-state index contributed by atoms with van der Waals surface area (Å²) >= 11 is 1.62. The molecule has 5 rings (SSSR count). The molecule has 0 aliphatic carbocycles. The van der Waals surface area contributed by atoms with E-state index >= 15 is 0 Å². The Labute approximate surface area is 186 Å². The van der Waals surface area contributed by atoms with Crippen molar-refractivity contribution in [3.63, 3.8) is 0 Å². The third kappa shape index (κ3) is 4.65. The molecule has 0 atom stereocenters. The Hall–Kier alpha value is -2.71. The molecule has 0 saturated carbocycles. The summed E-state index contributed by atoms with van der Waals surface area (Å²) in [6.45, 7) is 5.63. The van der Waals surface area contributed by atoms with Crippen LogP contribution in [0.3, 0.4) is 0 Å². The van der Waals surface area contributed by atoms with Gasteiger partial charge in [-0.05, 0) is 49.5 Å². The predicted molar refractivity (Wildman–Crippen MR) is 121 cm³/mol. The molecule has 2 aliphatic heterocycles. The van der Waals surface area contributed by atoms with Crippen molar-refractivity contribution < 1.29 is 9.21 Å². The first-order valence-electron chi connectivity index (χ1n) is 10.9. The molecule has 2 aromatic heterocycles. The molecule has 2 fully saturated rings. The molecule has 0 bridgehead atoms. The second kappa shape index (κ2) is 9.20. The van der Waals surface area contributed by atoms with Gasteiger partial charge < -0.3 is 14.2 Å². The largest absolute Gasteiger partial charge is 0.420 e. The molecular weight excluding hydrogens is 410 g/mol. The Balaban J connectivity index is 1.08. The molecule has 4 heterocycles. The highest BCUT2D eigenvalue weighted by molar-refractivity contribution is 7.08. The highest BCUT2D eigenvalue weighted by Gasteiger charge is 2.28. The number of hydrogen-bond donors (Lipinski definition) is 0. The Morgan fingerprint density at radius 2 is 1.77 bits per heavy atom. The molecule has 0 unspecified atom stereocenters. The maximum atomic E-state index is 12.8. The molecule has 3 aromatic rings. The van der Waals surface area contributed by atoms with Gasteiger partial charge in [-0.15, -0.1) is 10.2 Å². The summed E-state index contributed by atoms with van der Waals surface area (Å²) in [5, 5.41) is 12.5. The number of likely N-dealkylation sites (tertiary alicyclic amines) is 1. The number of hydrogen-bond acceptors (Lipinski definition) is 7. The smallest absolute Gasteiger partial charge is 0.248 e. The van der Waals surface area contributed by atoms with E-state index < -0.39 is 0 Å². The van der Waals surface area contributed by atoms with Crippen molar-refractivity contribution in [3.8, 4) is 11.5 Å². The summed E-state index contributed by atoms with van der Waals surface area (Å²) in [6, 6.07) is 12.4. The molecule has 162 valence electrons. The molecule has 0 radical (unpaired) electrons. The molecule has 31 heavy (non-hydrogen) atoms. The maximum Gasteiger partial charge on any atom is 0.248 e. The fourth-order valence-corrected chi connectivity index (χ4v) is 5.01. The lowest BCUT2D eigenvalue weighted by atomic mass is 9.97. The van der Waals surface area contributed by atoms with Gasteiger partial charge in [0.2, 0.25) is 17.7 Å². The van der Waals surface area contributed by atoms with E-state index in [1.807, 2.05) is 27.8 Å². The van der Waals surface area contributed by atoms with Crippen molar-refractivity contribution in [1.82, 2.24) is 20.0 Å². The number of thiophene rings is 1. The lowest BCUT2D eigenvalue weighted by molar-refractivity contribution is -0.133. The standard InChI is InChI=1S/C23H27N5O2S/c29-21(28-13-11-27(12-14-28)20-4-2-1-3-5-20)16-26-9-6-18(7-10-26)22-24-25-23(30-22)19-8-15-31-17-19/h1-5,8,15,17-18H,6-7,9-14,16H2. The van der Waals surface area contributed by atoms with Crippen molar-refractivity contribution in [2.45, 2.75) is 18.8 Å². The van der Waals surface area contributed by atoms with Gasteiger partial charge in [0.05, 0.1) is 6.54 Å². The van der Waals surface area contributed by atoms with Crippen LogP contribution in [0.1, 0.15) is 24.7 Å². The number of nitrogens with zero attached hydrogens (tertiary/aromatic N) is 5. The molecule has 0 spiro atoms. The van der Waals surface area contributed by atoms with Gasteiger partial charge in [0.15, 0.2) is 0 Å². The summed E-state index contributed by atoms with van der Waals surface area (Å²) in [5.74, 6) is 1.84. The highest BCUT2D eigenvalue weighted by atomic mass is 32.1. The first-order valence-corrected chi connectivity index (χ1v) is 11.9. The molecule has 7 nitrogen and oxygen atoms in total. The zero-order chi connectivity index (χ0) is 21.0. The molecule has 2 saturated heterocycles. The predicted octanol–water partition coefficient (Wildman–Crippen LogP) is 3.33. The zero-order valence-corrected chi connectivity index (χ0v) is 18.3. The van der Waals surface area contributed by atoms with Crippen LogP contribution in [0.2, 0.25) is 0 Å². The number of piperazine rings is 1. The fraction of sp³-hybridized carbons (Fsp3) is 0.435. The summed E-state index contributed by atoms with van der Waals surface area (Å²) in [7, 11) is 0. The third-order valence-electron chi connectivity index (χ3n) is 6.26. The third-order valence-corrected chi connectivity index (χ3v) is 6.94. The topological polar surface area (TPSA) is 65.7 Å². The van der Waals surface area contributed by atoms with Gasteiger partial charge in [-0.1, -0.05) is 18.2 Å². The van der Waals surface area contributed by atoms with Crippen LogP contribution in [0.15, 0.2) is 51.6 Å². The van der Waals surface area contributed by atoms with Crippen LogP contribution in [0.25, 0.3) is 11.5 Å². The van der Waals surface area contributed by atoms with E-state index in [4.69, 9.17) is 4.42 Å². The van der Waals surface area contributed by atoms with E-state index in [-0.39, 0.29) is 11.8 Å². The number of carbonyl (C=O) groups is 1. The van der Waals surface area contributed by atoms with Gasteiger partial charge in [0, 0.05) is 48.7 Å². The molecular formula is C23H27N5O2S. The average molecular weight is 438 g/mol. The fourth-order valence-electron chi connectivity index (χ4n) is 4.38. The number of para-hydroxylation sites is 1. The Bertz CT molecular complexity index is 975. The summed E-state index contributed by atoms with van der Waals surface area (Å²) in [4.78, 5) is 19.4. The number of benzene rings is 1. The molecule has 8 heteroatoms. The molecule has 0 N–H and O–H groups in total. The summed E-state index contributed by atoms with van der Waals surface area (Å²) < 4.78 is 5.91. The van der Waals surface area contributed by atoms with Crippen LogP contribution in [-0.4, -0.2) is 71.7 Å². The number of piperidine rings is 1. The number of aromatic nitrogens is 2. The SMILES string of the molecule is O=C(CN1CCC(c2nnc(-c3ccsc3)o2)CC1)N1CCN(c2ccccc2)CC1. The minimum absolute atomic E-state index is 0.240. The summed E-state index contributed by atoms with van der Waals surface area (Å²) in [5.41, 5.74) is 2.22. The van der Waals surface area contributed by atoms with Crippen LogP contribution in [0.5, 0.6) is 0 Å². The van der Waals surface area contributed by atoms with Gasteiger partial charge in [0.25, 0.3) is 0 Å². The molecule has 1 amide bonds. The van der Waals surface area contributed by atoms with Gasteiger partial charge in [0.1, 0.15) is 0 Å². The number of rotatable bonds is 5. The lowest BCUT2D eigenvalue weighted by Crippen LogP contribution is -2.51. The van der Waals surface area contributed by atoms with Crippen molar-refractivity contribution in [1.29, 1.82) is 0 Å². The van der Waals surface area contributed by atoms with Crippen molar-refractivity contribution >= 4 is 22.9 Å². The zero-order valence-electron chi connectivity index (χ0n) is 17.5. The minimum Gasteiger partial charge on any atom is -0.420 e. The van der Waals surface area contributed by atoms with Crippen LogP contribution in [-0.2, 0) is 4.79 Å². The highest BCUT2D eigenvalue weighted by Crippen LogP contribution is 2.30. The van der Waals surface area contributed by atoms with Gasteiger partial charge in [-0.3, -0.25) is 9.69 Å². The Kier molecular flexibility index (Phi) is 5.99. The molecule has 2 aliphatic rings. The van der Waals surface area contributed by atoms with Crippen LogP contribution < -0.4 is 4.90 Å². The lowest BCUT2D eigenvalue weighted by Gasteiger charge is -2.37. The van der Waals surface area contributed by atoms with Crippen molar-refractivity contribution in [3.05, 3.63) is 53.0 Å². The second-order valence-corrected chi connectivity index (χ2v) is 8.99.